The molecule has 0 bridgehead atoms. The number of aromatic nitrogens is 4. The van der Waals surface area contributed by atoms with Gasteiger partial charge in [-0.15, -0.1) is 0 Å². The molecule has 1 saturated heterocycles. The maximum absolute atomic E-state index is 15.0. The molecule has 5 rings (SSSR count). The van der Waals surface area contributed by atoms with Gasteiger partial charge >= 0.3 is 0 Å². The normalized spacial score (nSPS) is 18.0. The van der Waals surface area contributed by atoms with Crippen LogP contribution in [0.15, 0.2) is 52.2 Å². The topological polar surface area (TPSA) is 78.5 Å². The Morgan fingerprint density at radius 2 is 1.94 bits per heavy atom. The lowest BCUT2D eigenvalue weighted by atomic mass is 9.89. The van der Waals surface area contributed by atoms with Crippen LogP contribution in [0.1, 0.15) is 54.3 Å². The standard InChI is InChI=1S/C27H26ClFN4O3/c1-4-32-14-18(5-8-25(32)34)24-11-17(9-10-36-24)23-13-21(20-7-6-19(28)12-22(20)29)26-30-16(3)15(2)27(35)33(26)31-23/h5-8,12-14,17,24H,4,9-11H2,1-3H3/t17-,24+/m1/s1. The fourth-order valence-corrected chi connectivity index (χ4v) is 4.87. The molecule has 0 aliphatic carbocycles. The molecule has 1 aliphatic heterocycles. The summed E-state index contributed by atoms with van der Waals surface area (Å²) in [4.78, 5) is 29.8. The van der Waals surface area contributed by atoms with Crippen LogP contribution in [0.25, 0.3) is 16.8 Å². The average Bonchev–Trinajstić information content (AvgIpc) is 2.87. The molecule has 0 saturated carbocycles. The van der Waals surface area contributed by atoms with Crippen LogP contribution in [-0.4, -0.2) is 25.8 Å². The van der Waals surface area contributed by atoms with Gasteiger partial charge in [-0.25, -0.2) is 9.37 Å². The minimum atomic E-state index is -0.499. The SMILES string of the molecule is CCn1cc([C@@H]2C[C@H](c3cc(-c4ccc(Cl)cc4F)c4nc(C)c(C)c(=O)n4n3)CCO2)ccc1=O. The van der Waals surface area contributed by atoms with Gasteiger partial charge in [-0.2, -0.15) is 9.61 Å². The third-order valence-corrected chi connectivity index (χ3v) is 7.16. The summed E-state index contributed by atoms with van der Waals surface area (Å²) in [6, 6.07) is 9.63. The van der Waals surface area contributed by atoms with Crippen molar-refractivity contribution in [3.63, 3.8) is 0 Å². The van der Waals surface area contributed by atoms with Crippen LogP contribution in [0, 0.1) is 19.7 Å². The number of ether oxygens (including phenoxy) is 1. The number of fused-ring (bicyclic) bond motifs is 1. The van der Waals surface area contributed by atoms with E-state index in [4.69, 9.17) is 21.4 Å². The molecule has 7 nitrogen and oxygen atoms in total. The number of pyridine rings is 1. The molecule has 1 aromatic carbocycles. The zero-order chi connectivity index (χ0) is 25.6. The zero-order valence-electron chi connectivity index (χ0n) is 20.3. The first-order valence-corrected chi connectivity index (χ1v) is 12.3. The monoisotopic (exact) mass is 508 g/mol. The Bertz CT molecular complexity index is 1600. The van der Waals surface area contributed by atoms with E-state index in [0.717, 1.165) is 5.56 Å². The highest BCUT2D eigenvalue weighted by Crippen LogP contribution is 2.38. The van der Waals surface area contributed by atoms with Crippen LogP contribution >= 0.6 is 11.6 Å². The molecule has 1 fully saturated rings. The van der Waals surface area contributed by atoms with E-state index in [9.17, 15) is 9.59 Å². The van der Waals surface area contributed by atoms with E-state index in [2.05, 4.69) is 4.98 Å². The highest BCUT2D eigenvalue weighted by atomic mass is 35.5. The van der Waals surface area contributed by atoms with Crippen molar-refractivity contribution in [1.29, 1.82) is 0 Å². The minimum absolute atomic E-state index is 0.0437. The van der Waals surface area contributed by atoms with Crippen LogP contribution in [-0.2, 0) is 11.3 Å². The quantitative estimate of drug-likeness (QED) is 0.388. The lowest BCUT2D eigenvalue weighted by molar-refractivity contribution is 0.00408. The Hall–Kier alpha value is -3.36. The van der Waals surface area contributed by atoms with E-state index in [1.807, 2.05) is 19.2 Å². The molecular weight excluding hydrogens is 483 g/mol. The number of hydrogen-bond acceptors (Lipinski definition) is 5. The maximum Gasteiger partial charge on any atom is 0.277 e. The van der Waals surface area contributed by atoms with Crippen molar-refractivity contribution in [3.05, 3.63) is 96.7 Å². The van der Waals surface area contributed by atoms with Crippen molar-refractivity contribution >= 4 is 17.2 Å². The number of rotatable bonds is 4. The molecule has 2 atom stereocenters. The largest absolute Gasteiger partial charge is 0.373 e. The van der Waals surface area contributed by atoms with Crippen LogP contribution in [0.4, 0.5) is 4.39 Å². The van der Waals surface area contributed by atoms with E-state index in [1.54, 1.807) is 42.7 Å². The molecule has 3 aromatic heterocycles. The second-order valence-electron chi connectivity index (χ2n) is 9.14. The molecule has 0 N–H and O–H groups in total. The fraction of sp³-hybridized carbons (Fsp3) is 0.333. The molecule has 36 heavy (non-hydrogen) atoms. The molecule has 0 unspecified atom stereocenters. The molecule has 1 aliphatic rings. The summed E-state index contributed by atoms with van der Waals surface area (Å²) in [5.74, 6) is -0.543. The van der Waals surface area contributed by atoms with Gasteiger partial charge in [-0.3, -0.25) is 9.59 Å². The molecule has 0 radical (unpaired) electrons. The number of benzene rings is 1. The van der Waals surface area contributed by atoms with Crippen LogP contribution in [0.2, 0.25) is 5.02 Å². The summed E-state index contributed by atoms with van der Waals surface area (Å²) in [6.45, 7) is 6.44. The number of aryl methyl sites for hydroxylation is 2. The summed E-state index contributed by atoms with van der Waals surface area (Å²) >= 11 is 5.99. The van der Waals surface area contributed by atoms with Gasteiger partial charge in [0.25, 0.3) is 11.1 Å². The van der Waals surface area contributed by atoms with E-state index in [0.29, 0.717) is 59.7 Å². The van der Waals surface area contributed by atoms with Crippen molar-refractivity contribution in [2.24, 2.45) is 0 Å². The van der Waals surface area contributed by atoms with Crippen molar-refractivity contribution in [2.75, 3.05) is 6.61 Å². The van der Waals surface area contributed by atoms with Crippen LogP contribution in [0.5, 0.6) is 0 Å². The first-order chi connectivity index (χ1) is 17.3. The molecule has 4 aromatic rings. The van der Waals surface area contributed by atoms with Gasteiger partial charge in [0.15, 0.2) is 5.65 Å². The second kappa shape index (κ2) is 9.59. The zero-order valence-corrected chi connectivity index (χ0v) is 21.1. The predicted octanol–water partition coefficient (Wildman–Crippen LogP) is 4.98. The lowest BCUT2D eigenvalue weighted by Gasteiger charge is -2.30. The lowest BCUT2D eigenvalue weighted by Crippen LogP contribution is -2.26. The van der Waals surface area contributed by atoms with E-state index in [-0.39, 0.29) is 28.2 Å². The second-order valence-corrected chi connectivity index (χ2v) is 9.57. The highest BCUT2D eigenvalue weighted by Gasteiger charge is 2.28. The Labute approximate surface area is 212 Å². The van der Waals surface area contributed by atoms with Crippen LogP contribution in [0.3, 0.4) is 0 Å². The van der Waals surface area contributed by atoms with E-state index in [1.165, 1.54) is 10.6 Å². The third-order valence-electron chi connectivity index (χ3n) is 6.92. The van der Waals surface area contributed by atoms with Gasteiger partial charge in [0.05, 0.1) is 11.8 Å². The number of nitrogens with zero attached hydrogens (tertiary/aromatic N) is 4. The van der Waals surface area contributed by atoms with Gasteiger partial charge in [0.2, 0.25) is 0 Å². The average molecular weight is 509 g/mol. The van der Waals surface area contributed by atoms with Crippen molar-refractivity contribution in [2.45, 2.75) is 52.2 Å². The molecular formula is C27H26ClFN4O3. The molecule has 186 valence electrons. The number of halogens is 2. The van der Waals surface area contributed by atoms with E-state index < -0.39 is 5.82 Å². The van der Waals surface area contributed by atoms with Gasteiger partial charge in [0, 0.05) is 58.7 Å². The van der Waals surface area contributed by atoms with E-state index >= 15 is 4.39 Å². The van der Waals surface area contributed by atoms with Gasteiger partial charge in [-0.1, -0.05) is 11.6 Å². The van der Waals surface area contributed by atoms with Gasteiger partial charge in [0.1, 0.15) is 5.82 Å². The Balaban J connectivity index is 1.64. The molecule has 0 amide bonds. The highest BCUT2D eigenvalue weighted by molar-refractivity contribution is 6.30. The maximum atomic E-state index is 15.0. The first-order valence-electron chi connectivity index (χ1n) is 12.0. The summed E-state index contributed by atoms with van der Waals surface area (Å²) < 4.78 is 24.0. The predicted molar refractivity (Wildman–Crippen MR) is 136 cm³/mol. The summed E-state index contributed by atoms with van der Waals surface area (Å²) in [6.07, 6.45) is 2.90. The summed E-state index contributed by atoms with van der Waals surface area (Å²) in [5, 5.41) is 4.98. The molecule has 4 heterocycles. The third kappa shape index (κ3) is 4.35. The van der Waals surface area contributed by atoms with Gasteiger partial charge in [-0.05, 0) is 69.5 Å². The molecule has 9 heteroatoms. The van der Waals surface area contributed by atoms with Crippen molar-refractivity contribution < 1.29 is 9.13 Å². The first kappa shape index (κ1) is 24.3. The Morgan fingerprint density at radius 3 is 2.69 bits per heavy atom. The van der Waals surface area contributed by atoms with Gasteiger partial charge < -0.3 is 9.30 Å². The van der Waals surface area contributed by atoms with Crippen LogP contribution < -0.4 is 11.1 Å². The number of hydrogen-bond donors (Lipinski definition) is 0. The van der Waals surface area contributed by atoms with Crippen molar-refractivity contribution in [3.8, 4) is 11.1 Å². The summed E-state index contributed by atoms with van der Waals surface area (Å²) in [5.41, 5.74) is 3.38. The summed E-state index contributed by atoms with van der Waals surface area (Å²) in [7, 11) is 0. The molecule has 0 spiro atoms. The smallest absolute Gasteiger partial charge is 0.277 e. The Morgan fingerprint density at radius 1 is 1.14 bits per heavy atom. The fourth-order valence-electron chi connectivity index (χ4n) is 4.71. The minimum Gasteiger partial charge on any atom is -0.373 e. The van der Waals surface area contributed by atoms with Crippen molar-refractivity contribution in [1.82, 2.24) is 19.2 Å². The Kier molecular flexibility index (Phi) is 6.49.